The van der Waals surface area contributed by atoms with Gasteiger partial charge in [0.15, 0.2) is 0 Å². The number of carbonyl (C=O) groups excluding carboxylic acids is 1. The van der Waals surface area contributed by atoms with Gasteiger partial charge in [-0.25, -0.2) is 0 Å². The van der Waals surface area contributed by atoms with Gasteiger partial charge in [0, 0.05) is 23.8 Å². The van der Waals surface area contributed by atoms with Gasteiger partial charge < -0.3 is 10.0 Å². The topological polar surface area (TPSA) is 40.5 Å². The molecule has 19 heavy (non-hydrogen) atoms. The van der Waals surface area contributed by atoms with Crippen molar-refractivity contribution in [3.05, 3.63) is 59.1 Å². The molecule has 0 radical (unpaired) electrons. The molecule has 2 aromatic rings. The van der Waals surface area contributed by atoms with Crippen LogP contribution in [0.15, 0.2) is 48.5 Å². The zero-order chi connectivity index (χ0) is 13.8. The van der Waals surface area contributed by atoms with E-state index in [1.807, 2.05) is 12.1 Å². The molecule has 0 aliphatic rings. The van der Waals surface area contributed by atoms with Gasteiger partial charge in [-0.05, 0) is 29.8 Å². The predicted octanol–water partition coefficient (Wildman–Crippen LogP) is 3.25. The molecule has 0 unspecified atom stereocenters. The first-order valence-electron chi connectivity index (χ1n) is 5.86. The third kappa shape index (κ3) is 3.48. The standard InChI is InChI=1S/C15H14ClNO2/c1-17(13-3-2-4-14(18)10-13)15(19)9-11-5-7-12(16)8-6-11/h2-8,10,18H,9H2,1H3. The van der Waals surface area contributed by atoms with Crippen LogP contribution in [-0.2, 0) is 11.2 Å². The first kappa shape index (κ1) is 13.4. The minimum atomic E-state index is -0.0482. The molecule has 0 aliphatic carbocycles. The monoisotopic (exact) mass is 275 g/mol. The average Bonchev–Trinajstić information content (AvgIpc) is 2.40. The second-order valence-electron chi connectivity index (χ2n) is 4.28. The summed E-state index contributed by atoms with van der Waals surface area (Å²) in [4.78, 5) is 13.6. The summed E-state index contributed by atoms with van der Waals surface area (Å²) >= 11 is 5.80. The normalized spacial score (nSPS) is 10.2. The average molecular weight is 276 g/mol. The molecule has 1 N–H and O–H groups in total. The lowest BCUT2D eigenvalue weighted by Gasteiger charge is -2.17. The first-order chi connectivity index (χ1) is 9.06. The number of hydrogen-bond acceptors (Lipinski definition) is 2. The van der Waals surface area contributed by atoms with Crippen LogP contribution in [0.4, 0.5) is 5.69 Å². The SMILES string of the molecule is CN(C(=O)Cc1ccc(Cl)cc1)c1cccc(O)c1. The lowest BCUT2D eigenvalue weighted by atomic mass is 10.1. The quantitative estimate of drug-likeness (QED) is 0.934. The number of phenols is 1. The molecule has 0 aromatic heterocycles. The Morgan fingerprint density at radius 3 is 2.53 bits per heavy atom. The third-order valence-electron chi connectivity index (χ3n) is 2.86. The number of halogens is 1. The van der Waals surface area contributed by atoms with E-state index in [1.165, 1.54) is 4.90 Å². The molecule has 0 saturated heterocycles. The van der Waals surface area contributed by atoms with E-state index < -0.39 is 0 Å². The molecule has 0 spiro atoms. The maximum atomic E-state index is 12.1. The second kappa shape index (κ2) is 5.76. The molecular formula is C15H14ClNO2. The van der Waals surface area contributed by atoms with Gasteiger partial charge in [0.25, 0.3) is 0 Å². The summed E-state index contributed by atoms with van der Waals surface area (Å²) in [7, 11) is 1.69. The van der Waals surface area contributed by atoms with Crippen LogP contribution >= 0.6 is 11.6 Å². The van der Waals surface area contributed by atoms with Crippen LogP contribution < -0.4 is 4.90 Å². The van der Waals surface area contributed by atoms with Crippen molar-refractivity contribution in [2.45, 2.75) is 6.42 Å². The highest BCUT2D eigenvalue weighted by Crippen LogP contribution is 2.20. The molecule has 3 nitrogen and oxygen atoms in total. The summed E-state index contributed by atoms with van der Waals surface area (Å²) in [6.07, 6.45) is 0.295. The Hall–Kier alpha value is -2.00. The van der Waals surface area contributed by atoms with E-state index in [1.54, 1.807) is 43.4 Å². The lowest BCUT2D eigenvalue weighted by molar-refractivity contribution is -0.117. The highest BCUT2D eigenvalue weighted by molar-refractivity contribution is 6.30. The number of nitrogens with zero attached hydrogens (tertiary/aromatic N) is 1. The Balaban J connectivity index is 2.09. The van der Waals surface area contributed by atoms with E-state index in [0.29, 0.717) is 17.1 Å². The molecule has 0 fully saturated rings. The Morgan fingerprint density at radius 2 is 1.89 bits per heavy atom. The number of anilines is 1. The molecule has 2 aromatic carbocycles. The number of phenolic OH excluding ortho intramolecular Hbond substituents is 1. The van der Waals surface area contributed by atoms with Crippen LogP contribution in [0.5, 0.6) is 5.75 Å². The van der Waals surface area contributed by atoms with Crippen molar-refractivity contribution in [3.8, 4) is 5.75 Å². The molecule has 1 amide bonds. The van der Waals surface area contributed by atoms with Gasteiger partial charge in [-0.15, -0.1) is 0 Å². The fourth-order valence-corrected chi connectivity index (χ4v) is 1.87. The van der Waals surface area contributed by atoms with Gasteiger partial charge in [-0.3, -0.25) is 4.79 Å². The minimum Gasteiger partial charge on any atom is -0.508 e. The van der Waals surface area contributed by atoms with Gasteiger partial charge in [0.1, 0.15) is 5.75 Å². The van der Waals surface area contributed by atoms with E-state index in [-0.39, 0.29) is 11.7 Å². The zero-order valence-corrected chi connectivity index (χ0v) is 11.3. The van der Waals surface area contributed by atoms with E-state index >= 15 is 0 Å². The van der Waals surface area contributed by atoms with Gasteiger partial charge in [0.2, 0.25) is 5.91 Å². The van der Waals surface area contributed by atoms with E-state index in [0.717, 1.165) is 5.56 Å². The van der Waals surface area contributed by atoms with E-state index in [4.69, 9.17) is 11.6 Å². The first-order valence-corrected chi connectivity index (χ1v) is 6.24. The fraction of sp³-hybridized carbons (Fsp3) is 0.133. The van der Waals surface area contributed by atoms with E-state index in [9.17, 15) is 9.90 Å². The Labute approximate surface area is 117 Å². The fourth-order valence-electron chi connectivity index (χ4n) is 1.74. The molecule has 0 bridgehead atoms. The van der Waals surface area contributed by atoms with Gasteiger partial charge in [-0.1, -0.05) is 29.8 Å². The van der Waals surface area contributed by atoms with Crippen molar-refractivity contribution in [1.29, 1.82) is 0 Å². The summed E-state index contributed by atoms with van der Waals surface area (Å²) in [5, 5.41) is 10.1. The van der Waals surface area contributed by atoms with Crippen LogP contribution in [-0.4, -0.2) is 18.1 Å². The predicted molar refractivity (Wildman–Crippen MR) is 76.7 cm³/mol. The minimum absolute atomic E-state index is 0.0482. The van der Waals surface area contributed by atoms with Crippen molar-refractivity contribution >= 4 is 23.2 Å². The van der Waals surface area contributed by atoms with Crippen LogP contribution in [0.3, 0.4) is 0 Å². The summed E-state index contributed by atoms with van der Waals surface area (Å²) in [5.74, 6) is 0.0940. The molecule has 0 saturated carbocycles. The lowest BCUT2D eigenvalue weighted by Crippen LogP contribution is -2.27. The van der Waals surface area contributed by atoms with Crippen molar-refractivity contribution in [2.24, 2.45) is 0 Å². The summed E-state index contributed by atoms with van der Waals surface area (Å²) in [5.41, 5.74) is 1.57. The molecule has 0 atom stereocenters. The molecular weight excluding hydrogens is 262 g/mol. The molecule has 0 aliphatic heterocycles. The second-order valence-corrected chi connectivity index (χ2v) is 4.71. The maximum Gasteiger partial charge on any atom is 0.231 e. The van der Waals surface area contributed by atoms with Gasteiger partial charge in [-0.2, -0.15) is 0 Å². The van der Waals surface area contributed by atoms with Crippen LogP contribution in [0, 0.1) is 0 Å². The van der Waals surface area contributed by atoms with Crippen LogP contribution in [0.1, 0.15) is 5.56 Å². The number of likely N-dealkylation sites (N-methyl/N-ethyl adjacent to an activating group) is 1. The van der Waals surface area contributed by atoms with Crippen molar-refractivity contribution in [2.75, 3.05) is 11.9 Å². The molecule has 98 valence electrons. The van der Waals surface area contributed by atoms with Crippen molar-refractivity contribution in [3.63, 3.8) is 0 Å². The van der Waals surface area contributed by atoms with Crippen molar-refractivity contribution < 1.29 is 9.90 Å². The Bertz CT molecular complexity index is 581. The number of aromatic hydroxyl groups is 1. The van der Waals surface area contributed by atoms with Crippen molar-refractivity contribution in [1.82, 2.24) is 0 Å². The zero-order valence-electron chi connectivity index (χ0n) is 10.5. The highest BCUT2D eigenvalue weighted by Gasteiger charge is 2.11. The molecule has 2 rings (SSSR count). The van der Waals surface area contributed by atoms with E-state index in [2.05, 4.69) is 0 Å². The Kier molecular flexibility index (Phi) is 4.07. The third-order valence-corrected chi connectivity index (χ3v) is 3.11. The largest absolute Gasteiger partial charge is 0.508 e. The summed E-state index contributed by atoms with van der Waals surface area (Å²) < 4.78 is 0. The number of hydrogen-bond donors (Lipinski definition) is 1. The number of rotatable bonds is 3. The van der Waals surface area contributed by atoms with Crippen LogP contribution in [0.2, 0.25) is 5.02 Å². The highest BCUT2D eigenvalue weighted by atomic mass is 35.5. The smallest absolute Gasteiger partial charge is 0.231 e. The number of benzene rings is 2. The maximum absolute atomic E-state index is 12.1. The van der Waals surface area contributed by atoms with Gasteiger partial charge >= 0.3 is 0 Å². The molecule has 0 heterocycles. The summed E-state index contributed by atoms with van der Waals surface area (Å²) in [6.45, 7) is 0. The number of amides is 1. The van der Waals surface area contributed by atoms with Crippen LogP contribution in [0.25, 0.3) is 0 Å². The summed E-state index contributed by atoms with van der Waals surface area (Å²) in [6, 6.07) is 13.8. The Morgan fingerprint density at radius 1 is 1.21 bits per heavy atom. The molecule has 4 heteroatoms. The number of carbonyl (C=O) groups is 1. The van der Waals surface area contributed by atoms with Gasteiger partial charge in [0.05, 0.1) is 6.42 Å².